The molecule has 1 saturated heterocycles. The molecule has 1 atom stereocenters. The Kier molecular flexibility index (Phi) is 6.53. The minimum atomic E-state index is -0.764. The molecule has 4 heterocycles. The summed E-state index contributed by atoms with van der Waals surface area (Å²) >= 11 is 0. The maximum atomic E-state index is 15.0. The third-order valence-corrected chi connectivity index (χ3v) is 7.93. The highest BCUT2D eigenvalue weighted by Gasteiger charge is 2.40. The number of hydrogen-bond donors (Lipinski definition) is 1. The van der Waals surface area contributed by atoms with E-state index in [9.17, 15) is 5.26 Å². The highest BCUT2D eigenvalue weighted by Crippen LogP contribution is 2.44. The predicted molar refractivity (Wildman–Crippen MR) is 143 cm³/mol. The van der Waals surface area contributed by atoms with Gasteiger partial charge >= 0.3 is 0 Å². The van der Waals surface area contributed by atoms with Gasteiger partial charge in [-0.3, -0.25) is 4.98 Å². The van der Waals surface area contributed by atoms with E-state index in [-0.39, 0.29) is 28.6 Å². The van der Waals surface area contributed by atoms with Crippen molar-refractivity contribution in [2.45, 2.75) is 63.5 Å². The fourth-order valence-electron chi connectivity index (χ4n) is 5.87. The van der Waals surface area contributed by atoms with Crippen molar-refractivity contribution in [3.8, 4) is 28.8 Å². The summed E-state index contributed by atoms with van der Waals surface area (Å²) in [7, 11) is 0. The Balaban J connectivity index is 1.25. The number of ether oxygens (including phenoxy) is 1. The Morgan fingerprint density at radius 1 is 1.15 bits per heavy atom. The van der Waals surface area contributed by atoms with Gasteiger partial charge in [-0.1, -0.05) is 36.3 Å². The lowest BCUT2D eigenvalue weighted by Gasteiger charge is -2.38. The SMILES string of the molecule is Cc1c(C#N)cccc1-c1nc(N)c(F)c(-c2cn(Cc3cccc(C4CCOC5(CCCC5)C4)n3)nn2)n1. The Morgan fingerprint density at radius 3 is 2.79 bits per heavy atom. The van der Waals surface area contributed by atoms with Crippen LogP contribution in [0.5, 0.6) is 0 Å². The molecule has 1 unspecified atom stereocenters. The number of aromatic nitrogens is 6. The highest BCUT2D eigenvalue weighted by atomic mass is 19.1. The summed E-state index contributed by atoms with van der Waals surface area (Å²) in [6, 6.07) is 13.4. The van der Waals surface area contributed by atoms with Crippen LogP contribution in [0.3, 0.4) is 0 Å². The van der Waals surface area contributed by atoms with Crippen LogP contribution in [0.1, 0.15) is 67.0 Å². The van der Waals surface area contributed by atoms with Crippen LogP contribution in [-0.2, 0) is 11.3 Å². The number of hydrogen-bond acceptors (Lipinski definition) is 8. The zero-order chi connectivity index (χ0) is 27.0. The maximum Gasteiger partial charge on any atom is 0.193 e. The van der Waals surface area contributed by atoms with Gasteiger partial charge in [0.1, 0.15) is 11.4 Å². The summed E-state index contributed by atoms with van der Waals surface area (Å²) in [5.41, 5.74) is 9.84. The Morgan fingerprint density at radius 2 is 1.97 bits per heavy atom. The number of pyridine rings is 1. The van der Waals surface area contributed by atoms with Crippen molar-refractivity contribution in [3.05, 3.63) is 70.9 Å². The number of nitrogens with zero attached hydrogens (tertiary/aromatic N) is 7. The lowest BCUT2D eigenvalue weighted by Crippen LogP contribution is -2.36. The van der Waals surface area contributed by atoms with E-state index in [1.807, 2.05) is 12.1 Å². The van der Waals surface area contributed by atoms with Crippen LogP contribution in [0.2, 0.25) is 0 Å². The van der Waals surface area contributed by atoms with Crippen LogP contribution < -0.4 is 5.73 Å². The predicted octanol–water partition coefficient (Wildman–Crippen LogP) is 4.95. The van der Waals surface area contributed by atoms with Crippen molar-refractivity contribution >= 4 is 5.82 Å². The first-order valence-corrected chi connectivity index (χ1v) is 13.3. The minimum Gasteiger partial charge on any atom is -0.381 e. The molecule has 2 aliphatic rings. The fraction of sp³-hybridized carbons (Fsp3) is 0.379. The van der Waals surface area contributed by atoms with Crippen molar-refractivity contribution in [3.63, 3.8) is 0 Å². The first-order chi connectivity index (χ1) is 18.9. The molecule has 1 aliphatic carbocycles. The molecule has 0 bridgehead atoms. The normalized spacial score (nSPS) is 18.3. The molecule has 39 heavy (non-hydrogen) atoms. The van der Waals surface area contributed by atoms with Gasteiger partial charge in [0.15, 0.2) is 17.5 Å². The smallest absolute Gasteiger partial charge is 0.193 e. The van der Waals surface area contributed by atoms with Gasteiger partial charge in [-0.2, -0.15) is 5.26 Å². The van der Waals surface area contributed by atoms with E-state index in [0.29, 0.717) is 29.2 Å². The summed E-state index contributed by atoms with van der Waals surface area (Å²) in [4.78, 5) is 13.5. The summed E-state index contributed by atoms with van der Waals surface area (Å²) < 4.78 is 22.9. The van der Waals surface area contributed by atoms with Crippen LogP contribution in [-0.4, -0.2) is 42.2 Å². The standard InChI is InChI=1S/C29H29FN8O/c1-18-20(15-31)6-4-8-22(18)28-34-26(25(30)27(32)35-28)24-17-38(37-36-24)16-21-7-5-9-23(33-21)19-10-13-39-29(14-19)11-2-3-12-29/h4-9,17,19H,2-3,10-14,16H2,1H3,(H2,32,34,35). The Hall–Kier alpha value is -4.23. The highest BCUT2D eigenvalue weighted by molar-refractivity contribution is 5.69. The number of halogens is 1. The molecule has 10 heteroatoms. The molecule has 4 aromatic rings. The molecule has 2 N–H and O–H groups in total. The zero-order valence-electron chi connectivity index (χ0n) is 21.8. The molecule has 1 saturated carbocycles. The molecule has 1 aromatic carbocycles. The molecule has 198 valence electrons. The molecule has 6 rings (SSSR count). The van der Waals surface area contributed by atoms with Crippen LogP contribution in [0.15, 0.2) is 42.6 Å². The number of nitrogen functional groups attached to an aromatic ring is 1. The van der Waals surface area contributed by atoms with Crippen molar-refractivity contribution in [1.82, 2.24) is 29.9 Å². The van der Waals surface area contributed by atoms with Crippen LogP contribution in [0.4, 0.5) is 10.2 Å². The maximum absolute atomic E-state index is 15.0. The first-order valence-electron chi connectivity index (χ1n) is 13.3. The number of rotatable bonds is 5. The first kappa shape index (κ1) is 25.1. The van der Waals surface area contributed by atoms with Crippen LogP contribution in [0.25, 0.3) is 22.8 Å². The third kappa shape index (κ3) is 4.86. The van der Waals surface area contributed by atoms with E-state index >= 15 is 4.39 Å². The van der Waals surface area contributed by atoms with Gasteiger partial charge in [-0.15, -0.1) is 5.10 Å². The van der Waals surface area contributed by atoms with Crippen molar-refractivity contribution in [2.24, 2.45) is 0 Å². The average Bonchev–Trinajstić information content (AvgIpc) is 3.60. The lowest BCUT2D eigenvalue weighted by molar-refractivity contribution is -0.0809. The molecular formula is C29H29FN8O. The molecule has 1 aliphatic heterocycles. The summed E-state index contributed by atoms with van der Waals surface area (Å²) in [6.07, 6.45) is 8.37. The second-order valence-corrected chi connectivity index (χ2v) is 10.5. The van der Waals surface area contributed by atoms with Crippen molar-refractivity contribution in [1.29, 1.82) is 5.26 Å². The van der Waals surface area contributed by atoms with E-state index < -0.39 is 5.82 Å². The lowest BCUT2D eigenvalue weighted by atomic mass is 9.82. The number of nitrogens with two attached hydrogens (primary N) is 1. The fourth-order valence-corrected chi connectivity index (χ4v) is 5.87. The van der Waals surface area contributed by atoms with Gasteiger partial charge in [0.05, 0.1) is 35.7 Å². The van der Waals surface area contributed by atoms with Crippen molar-refractivity contribution in [2.75, 3.05) is 12.3 Å². The minimum absolute atomic E-state index is 0.0260. The van der Waals surface area contributed by atoms with Crippen LogP contribution in [0, 0.1) is 24.1 Å². The van der Waals surface area contributed by atoms with Gasteiger partial charge in [0.25, 0.3) is 0 Å². The summed E-state index contributed by atoms with van der Waals surface area (Å²) in [5, 5.41) is 17.7. The Bertz CT molecular complexity index is 1570. The zero-order valence-corrected chi connectivity index (χ0v) is 21.8. The summed E-state index contributed by atoms with van der Waals surface area (Å²) in [5.74, 6) is -0.459. The Labute approximate surface area is 225 Å². The van der Waals surface area contributed by atoms with E-state index in [1.54, 1.807) is 36.0 Å². The summed E-state index contributed by atoms with van der Waals surface area (Å²) in [6.45, 7) is 2.95. The van der Waals surface area contributed by atoms with Gasteiger partial charge in [0, 0.05) is 23.8 Å². The quantitative estimate of drug-likeness (QED) is 0.388. The number of benzene rings is 1. The molecule has 0 radical (unpaired) electrons. The van der Waals surface area contributed by atoms with E-state index in [1.165, 1.54) is 12.8 Å². The average molecular weight is 525 g/mol. The van der Waals surface area contributed by atoms with Gasteiger partial charge < -0.3 is 10.5 Å². The third-order valence-electron chi connectivity index (χ3n) is 7.93. The van der Waals surface area contributed by atoms with E-state index in [0.717, 1.165) is 43.7 Å². The topological polar surface area (TPSA) is 128 Å². The second-order valence-electron chi connectivity index (χ2n) is 10.5. The van der Waals surface area contributed by atoms with Gasteiger partial charge in [-0.25, -0.2) is 19.0 Å². The number of anilines is 1. The van der Waals surface area contributed by atoms with Crippen LogP contribution >= 0.6 is 0 Å². The molecule has 9 nitrogen and oxygen atoms in total. The van der Waals surface area contributed by atoms with E-state index in [4.69, 9.17) is 15.5 Å². The molecule has 1 spiro atoms. The number of nitriles is 1. The van der Waals surface area contributed by atoms with E-state index in [2.05, 4.69) is 32.4 Å². The monoisotopic (exact) mass is 524 g/mol. The van der Waals surface area contributed by atoms with Gasteiger partial charge in [-0.05, 0) is 56.4 Å². The van der Waals surface area contributed by atoms with Gasteiger partial charge in [0.2, 0.25) is 0 Å². The molecule has 0 amide bonds. The molecular weight excluding hydrogens is 495 g/mol. The van der Waals surface area contributed by atoms with Crippen molar-refractivity contribution < 1.29 is 9.13 Å². The largest absolute Gasteiger partial charge is 0.381 e. The second kappa shape index (κ2) is 10.2. The molecule has 2 fully saturated rings. The molecule has 3 aromatic heterocycles.